The van der Waals surface area contributed by atoms with E-state index in [1.807, 2.05) is 4.90 Å². The van der Waals surface area contributed by atoms with Crippen molar-refractivity contribution in [2.75, 3.05) is 39.3 Å². The lowest BCUT2D eigenvalue weighted by atomic mass is 10.0. The first-order chi connectivity index (χ1) is 10.7. The van der Waals surface area contributed by atoms with Crippen LogP contribution in [-0.2, 0) is 4.79 Å². The zero-order valence-corrected chi connectivity index (χ0v) is 13.6. The van der Waals surface area contributed by atoms with E-state index in [0.717, 1.165) is 39.3 Å². The van der Waals surface area contributed by atoms with Gasteiger partial charge in [-0.05, 0) is 31.9 Å². The van der Waals surface area contributed by atoms with E-state index in [9.17, 15) is 4.79 Å². The molecule has 1 unspecified atom stereocenters. The third-order valence-corrected chi connectivity index (χ3v) is 4.91. The molecule has 4 nitrogen and oxygen atoms in total. The number of carbonyl (C=O) groups is 1. The van der Waals surface area contributed by atoms with Crippen LogP contribution in [0.15, 0.2) is 24.3 Å². The maximum absolute atomic E-state index is 12.3. The molecular weight excluding hydrogens is 274 g/mol. The first kappa shape index (κ1) is 15.5. The van der Waals surface area contributed by atoms with Gasteiger partial charge in [-0.3, -0.25) is 9.69 Å². The Morgan fingerprint density at radius 3 is 2.64 bits per heavy atom. The Morgan fingerprint density at radius 2 is 1.91 bits per heavy atom. The molecule has 1 amide bonds. The van der Waals surface area contributed by atoms with Crippen molar-refractivity contribution in [3.8, 4) is 0 Å². The summed E-state index contributed by atoms with van der Waals surface area (Å²) in [6, 6.07) is 9.37. The van der Waals surface area contributed by atoms with E-state index < -0.39 is 0 Å². The number of hydrogen-bond donors (Lipinski definition) is 1. The van der Waals surface area contributed by atoms with E-state index in [1.54, 1.807) is 0 Å². The van der Waals surface area contributed by atoms with Crippen molar-refractivity contribution in [2.24, 2.45) is 0 Å². The minimum absolute atomic E-state index is 0.316. The van der Waals surface area contributed by atoms with Gasteiger partial charge >= 0.3 is 0 Å². The van der Waals surface area contributed by atoms with E-state index in [0.29, 0.717) is 18.4 Å². The molecule has 0 radical (unpaired) electrons. The summed E-state index contributed by atoms with van der Waals surface area (Å²) in [5.41, 5.74) is 2.71. The molecule has 1 aromatic rings. The third kappa shape index (κ3) is 3.68. The second-order valence-corrected chi connectivity index (χ2v) is 6.49. The number of amides is 1. The van der Waals surface area contributed by atoms with E-state index in [2.05, 4.69) is 41.4 Å². The van der Waals surface area contributed by atoms with Crippen molar-refractivity contribution in [2.45, 2.75) is 32.2 Å². The van der Waals surface area contributed by atoms with Crippen LogP contribution >= 0.6 is 0 Å². The Balaban J connectivity index is 1.54. The number of piperazine rings is 1. The SMILES string of the molecule is Cc1ccc(C2CCCN2CCC(=O)N2CCNCC2)cc1. The molecule has 0 aliphatic carbocycles. The van der Waals surface area contributed by atoms with Gasteiger partial charge in [0.15, 0.2) is 0 Å². The molecule has 3 rings (SSSR count). The number of rotatable bonds is 4. The minimum atomic E-state index is 0.316. The normalized spacial score (nSPS) is 23.0. The summed E-state index contributed by atoms with van der Waals surface area (Å²) in [6.07, 6.45) is 3.10. The average Bonchev–Trinajstić information content (AvgIpc) is 3.02. The van der Waals surface area contributed by atoms with Gasteiger partial charge < -0.3 is 10.2 Å². The zero-order chi connectivity index (χ0) is 15.4. The Morgan fingerprint density at radius 1 is 1.18 bits per heavy atom. The van der Waals surface area contributed by atoms with Gasteiger partial charge in [-0.1, -0.05) is 29.8 Å². The predicted molar refractivity (Wildman–Crippen MR) is 88.8 cm³/mol. The number of benzene rings is 1. The summed E-state index contributed by atoms with van der Waals surface area (Å²) in [4.78, 5) is 16.8. The van der Waals surface area contributed by atoms with Crippen molar-refractivity contribution in [1.82, 2.24) is 15.1 Å². The standard InChI is InChI=1S/C18H27N3O/c1-15-4-6-16(7-5-15)17-3-2-11-20(17)12-8-18(22)21-13-9-19-10-14-21/h4-7,17,19H,2-3,8-14H2,1H3. The van der Waals surface area contributed by atoms with E-state index in [-0.39, 0.29) is 0 Å². The van der Waals surface area contributed by atoms with Crippen LogP contribution in [0.4, 0.5) is 0 Å². The molecule has 0 aromatic heterocycles. The van der Waals surface area contributed by atoms with Gasteiger partial charge in [0.05, 0.1) is 0 Å². The largest absolute Gasteiger partial charge is 0.340 e. The molecule has 2 aliphatic rings. The highest BCUT2D eigenvalue weighted by Crippen LogP contribution is 2.31. The smallest absolute Gasteiger partial charge is 0.223 e. The number of nitrogens with zero attached hydrogens (tertiary/aromatic N) is 2. The highest BCUT2D eigenvalue weighted by atomic mass is 16.2. The molecule has 1 aromatic carbocycles. The van der Waals surface area contributed by atoms with Crippen LogP contribution in [0.2, 0.25) is 0 Å². The fraction of sp³-hybridized carbons (Fsp3) is 0.611. The lowest BCUT2D eigenvalue weighted by Crippen LogP contribution is -2.47. The Hall–Kier alpha value is -1.39. The number of nitrogens with one attached hydrogen (secondary N) is 1. The number of hydrogen-bond acceptors (Lipinski definition) is 3. The minimum Gasteiger partial charge on any atom is -0.340 e. The summed E-state index contributed by atoms with van der Waals surface area (Å²) in [7, 11) is 0. The molecule has 1 N–H and O–H groups in total. The molecular formula is C18H27N3O. The predicted octanol–water partition coefficient (Wildman–Crippen LogP) is 1.95. The molecule has 2 aliphatic heterocycles. The van der Waals surface area contributed by atoms with Crippen molar-refractivity contribution in [1.29, 1.82) is 0 Å². The second kappa shape index (κ2) is 7.25. The summed E-state index contributed by atoms with van der Waals surface area (Å²) < 4.78 is 0. The van der Waals surface area contributed by atoms with Crippen molar-refractivity contribution < 1.29 is 4.79 Å². The maximum Gasteiger partial charge on any atom is 0.223 e. The first-order valence-corrected chi connectivity index (χ1v) is 8.53. The fourth-order valence-electron chi connectivity index (χ4n) is 3.57. The lowest BCUT2D eigenvalue weighted by molar-refractivity contribution is -0.132. The highest BCUT2D eigenvalue weighted by molar-refractivity contribution is 5.76. The van der Waals surface area contributed by atoms with Crippen molar-refractivity contribution in [3.05, 3.63) is 35.4 Å². The van der Waals surface area contributed by atoms with E-state index in [4.69, 9.17) is 0 Å². The molecule has 2 heterocycles. The molecule has 1 atom stereocenters. The first-order valence-electron chi connectivity index (χ1n) is 8.53. The van der Waals surface area contributed by atoms with Crippen molar-refractivity contribution in [3.63, 3.8) is 0 Å². The molecule has 0 saturated carbocycles. The Labute approximate surface area is 133 Å². The summed E-state index contributed by atoms with van der Waals surface area (Å²) >= 11 is 0. The Bertz CT molecular complexity index is 494. The number of likely N-dealkylation sites (tertiary alicyclic amines) is 1. The highest BCUT2D eigenvalue weighted by Gasteiger charge is 2.26. The van der Waals surface area contributed by atoms with Gasteiger partial charge in [-0.15, -0.1) is 0 Å². The van der Waals surface area contributed by atoms with Crippen LogP contribution in [0.25, 0.3) is 0 Å². The lowest BCUT2D eigenvalue weighted by Gasteiger charge is -2.29. The molecule has 2 saturated heterocycles. The summed E-state index contributed by atoms with van der Waals surface area (Å²) in [5, 5.41) is 3.30. The molecule has 0 spiro atoms. The van der Waals surface area contributed by atoms with Gasteiger partial charge in [-0.25, -0.2) is 0 Å². The third-order valence-electron chi connectivity index (χ3n) is 4.91. The van der Waals surface area contributed by atoms with Gasteiger partial charge in [0, 0.05) is 45.2 Å². The fourth-order valence-corrected chi connectivity index (χ4v) is 3.57. The quantitative estimate of drug-likeness (QED) is 0.923. The average molecular weight is 301 g/mol. The number of carbonyl (C=O) groups excluding carboxylic acids is 1. The van der Waals surface area contributed by atoms with E-state index in [1.165, 1.54) is 24.0 Å². The molecule has 0 bridgehead atoms. The topological polar surface area (TPSA) is 35.6 Å². The van der Waals surface area contributed by atoms with Crippen LogP contribution in [0.3, 0.4) is 0 Å². The summed E-state index contributed by atoms with van der Waals surface area (Å²) in [6.45, 7) is 7.72. The monoisotopic (exact) mass is 301 g/mol. The van der Waals surface area contributed by atoms with Crippen LogP contribution in [0.1, 0.15) is 36.4 Å². The Kier molecular flexibility index (Phi) is 5.11. The van der Waals surface area contributed by atoms with Crippen LogP contribution in [0, 0.1) is 6.92 Å². The van der Waals surface area contributed by atoms with Crippen LogP contribution in [-0.4, -0.2) is 55.0 Å². The molecule has 120 valence electrons. The van der Waals surface area contributed by atoms with Gasteiger partial charge in [0.1, 0.15) is 0 Å². The molecule has 4 heteroatoms. The van der Waals surface area contributed by atoms with Gasteiger partial charge in [-0.2, -0.15) is 0 Å². The second-order valence-electron chi connectivity index (χ2n) is 6.49. The van der Waals surface area contributed by atoms with Crippen LogP contribution in [0.5, 0.6) is 0 Å². The van der Waals surface area contributed by atoms with Gasteiger partial charge in [0.25, 0.3) is 0 Å². The van der Waals surface area contributed by atoms with Crippen LogP contribution < -0.4 is 5.32 Å². The zero-order valence-electron chi connectivity index (χ0n) is 13.6. The van der Waals surface area contributed by atoms with Gasteiger partial charge in [0.2, 0.25) is 5.91 Å². The molecule has 2 fully saturated rings. The molecule has 22 heavy (non-hydrogen) atoms. The van der Waals surface area contributed by atoms with Crippen molar-refractivity contribution >= 4 is 5.91 Å². The maximum atomic E-state index is 12.3. The summed E-state index contributed by atoms with van der Waals surface area (Å²) in [5.74, 6) is 0.316. The number of aryl methyl sites for hydroxylation is 1. The van der Waals surface area contributed by atoms with E-state index >= 15 is 0 Å².